The summed E-state index contributed by atoms with van der Waals surface area (Å²) >= 11 is 0. The molecule has 2 heterocycles. The first kappa shape index (κ1) is 15.8. The highest BCUT2D eigenvalue weighted by atomic mass is 16.5. The van der Waals surface area contributed by atoms with Crippen molar-refractivity contribution in [1.82, 2.24) is 19.5 Å². The summed E-state index contributed by atoms with van der Waals surface area (Å²) < 4.78 is 7.71. The number of aromatic nitrogens is 3. The molecular formula is C17H18N4O3. The van der Waals surface area contributed by atoms with Gasteiger partial charge in [-0.25, -0.2) is 9.48 Å². The second-order valence-corrected chi connectivity index (χ2v) is 5.45. The second-order valence-electron chi connectivity index (χ2n) is 5.45. The minimum absolute atomic E-state index is 0.131. The predicted octanol–water partition coefficient (Wildman–Crippen LogP) is 1.38. The molecule has 3 aromatic rings. The maximum Gasteiger partial charge on any atom is 0.349 e. The third-order valence-corrected chi connectivity index (χ3v) is 3.82. The van der Waals surface area contributed by atoms with Crippen molar-refractivity contribution in [2.24, 2.45) is 0 Å². The molecule has 7 nitrogen and oxygen atoms in total. The number of nitrogens with one attached hydrogen (secondary N) is 1. The van der Waals surface area contributed by atoms with Gasteiger partial charge in [-0.15, -0.1) is 0 Å². The van der Waals surface area contributed by atoms with E-state index < -0.39 is 0 Å². The van der Waals surface area contributed by atoms with Gasteiger partial charge in [0, 0.05) is 6.20 Å². The van der Waals surface area contributed by atoms with Crippen LogP contribution in [0.5, 0.6) is 5.75 Å². The molecule has 2 aromatic heterocycles. The Bertz CT molecular complexity index is 911. The van der Waals surface area contributed by atoms with E-state index in [0.717, 1.165) is 16.0 Å². The molecular weight excluding hydrogens is 308 g/mol. The minimum atomic E-state index is -0.343. The highest BCUT2D eigenvalue weighted by molar-refractivity contribution is 5.76. The zero-order valence-corrected chi connectivity index (χ0v) is 13.5. The molecule has 0 radical (unpaired) electrons. The second kappa shape index (κ2) is 6.57. The average molecular weight is 326 g/mol. The van der Waals surface area contributed by atoms with Gasteiger partial charge in [0.15, 0.2) is 0 Å². The van der Waals surface area contributed by atoms with Crippen molar-refractivity contribution in [3.63, 3.8) is 0 Å². The van der Waals surface area contributed by atoms with E-state index in [1.807, 2.05) is 31.2 Å². The van der Waals surface area contributed by atoms with Gasteiger partial charge < -0.3 is 10.1 Å². The van der Waals surface area contributed by atoms with Crippen molar-refractivity contribution in [3.05, 3.63) is 64.8 Å². The molecule has 24 heavy (non-hydrogen) atoms. The van der Waals surface area contributed by atoms with Crippen LogP contribution in [0.25, 0.3) is 5.52 Å². The van der Waals surface area contributed by atoms with Gasteiger partial charge in [-0.1, -0.05) is 12.1 Å². The Labute approximate surface area is 138 Å². The normalized spacial score (nSPS) is 12.1. The molecule has 1 amide bonds. The van der Waals surface area contributed by atoms with Crippen molar-refractivity contribution in [2.75, 3.05) is 7.11 Å². The smallest absolute Gasteiger partial charge is 0.349 e. The topological polar surface area (TPSA) is 77.6 Å². The summed E-state index contributed by atoms with van der Waals surface area (Å²) in [6, 6.07) is 10.8. The number of ether oxygens (including phenoxy) is 1. The highest BCUT2D eigenvalue weighted by Gasteiger charge is 2.12. The molecule has 1 aromatic carbocycles. The summed E-state index contributed by atoms with van der Waals surface area (Å²) in [7, 11) is 1.60. The van der Waals surface area contributed by atoms with E-state index in [-0.39, 0.29) is 24.2 Å². The lowest BCUT2D eigenvalue weighted by atomic mass is 10.1. The zero-order chi connectivity index (χ0) is 17.1. The molecule has 1 atom stereocenters. The van der Waals surface area contributed by atoms with E-state index in [4.69, 9.17) is 4.74 Å². The van der Waals surface area contributed by atoms with E-state index in [0.29, 0.717) is 5.52 Å². The number of carbonyl (C=O) groups excluding carboxylic acids is 1. The standard InChI is InChI=1S/C17H18N4O3/c1-12(13-5-7-15(24-2)8-6-13)19-16(22)11-21-17(23)20-9-3-4-14(20)10-18-21/h3-10,12H,11H2,1-2H3,(H,19,22)/t12-/m0/s1. The maximum absolute atomic E-state index is 12.2. The van der Waals surface area contributed by atoms with Gasteiger partial charge in [-0.3, -0.25) is 9.20 Å². The molecule has 1 N–H and O–H groups in total. The number of nitrogens with zero attached hydrogens (tertiary/aromatic N) is 3. The fourth-order valence-corrected chi connectivity index (χ4v) is 2.48. The number of benzene rings is 1. The van der Waals surface area contributed by atoms with E-state index in [1.165, 1.54) is 4.40 Å². The number of hydrogen-bond donors (Lipinski definition) is 1. The van der Waals surface area contributed by atoms with Crippen LogP contribution < -0.4 is 15.7 Å². The SMILES string of the molecule is COc1ccc([C@H](C)NC(=O)Cn2ncc3cccn3c2=O)cc1. The number of carbonyl (C=O) groups is 1. The summed E-state index contributed by atoms with van der Waals surface area (Å²) in [5.74, 6) is 0.479. The molecule has 0 saturated heterocycles. The van der Waals surface area contributed by atoms with Gasteiger partial charge in [-0.05, 0) is 36.8 Å². The van der Waals surface area contributed by atoms with Crippen LogP contribution in [0, 0.1) is 0 Å². The van der Waals surface area contributed by atoms with Crippen LogP contribution in [0.2, 0.25) is 0 Å². The Hall–Kier alpha value is -3.09. The molecule has 0 aliphatic heterocycles. The van der Waals surface area contributed by atoms with E-state index in [2.05, 4.69) is 10.4 Å². The third-order valence-electron chi connectivity index (χ3n) is 3.82. The van der Waals surface area contributed by atoms with Crippen LogP contribution in [-0.2, 0) is 11.3 Å². The van der Waals surface area contributed by atoms with Gasteiger partial charge in [0.2, 0.25) is 5.91 Å². The van der Waals surface area contributed by atoms with Crippen LogP contribution >= 0.6 is 0 Å². The number of amides is 1. The molecule has 0 spiro atoms. The first-order chi connectivity index (χ1) is 11.6. The maximum atomic E-state index is 12.2. The van der Waals surface area contributed by atoms with Crippen molar-refractivity contribution in [3.8, 4) is 5.75 Å². The van der Waals surface area contributed by atoms with Gasteiger partial charge in [0.1, 0.15) is 12.3 Å². The average Bonchev–Trinajstić information content (AvgIpc) is 3.07. The fraction of sp³-hybridized carbons (Fsp3) is 0.235. The van der Waals surface area contributed by atoms with Crippen LogP contribution in [0.3, 0.4) is 0 Å². The lowest BCUT2D eigenvalue weighted by molar-refractivity contribution is -0.122. The Morgan fingerprint density at radius 1 is 1.29 bits per heavy atom. The molecule has 0 unspecified atom stereocenters. The molecule has 0 bridgehead atoms. The van der Waals surface area contributed by atoms with Crippen LogP contribution in [0.4, 0.5) is 0 Å². The van der Waals surface area contributed by atoms with E-state index in [1.54, 1.807) is 31.6 Å². The Morgan fingerprint density at radius 3 is 2.75 bits per heavy atom. The summed E-state index contributed by atoms with van der Waals surface area (Å²) in [6.07, 6.45) is 3.20. The highest BCUT2D eigenvalue weighted by Crippen LogP contribution is 2.17. The first-order valence-corrected chi connectivity index (χ1v) is 7.55. The van der Waals surface area contributed by atoms with Gasteiger partial charge in [-0.2, -0.15) is 5.10 Å². The van der Waals surface area contributed by atoms with Gasteiger partial charge in [0.05, 0.1) is 24.9 Å². The number of fused-ring (bicyclic) bond motifs is 1. The molecule has 3 rings (SSSR count). The van der Waals surface area contributed by atoms with Crippen molar-refractivity contribution >= 4 is 11.4 Å². The van der Waals surface area contributed by atoms with Crippen LogP contribution in [-0.4, -0.2) is 27.2 Å². The molecule has 7 heteroatoms. The zero-order valence-electron chi connectivity index (χ0n) is 13.5. The predicted molar refractivity (Wildman–Crippen MR) is 89.0 cm³/mol. The number of methoxy groups -OCH3 is 1. The third kappa shape index (κ3) is 3.15. The molecule has 124 valence electrons. The molecule has 0 saturated carbocycles. The Morgan fingerprint density at radius 2 is 2.04 bits per heavy atom. The largest absolute Gasteiger partial charge is 0.497 e. The quantitative estimate of drug-likeness (QED) is 0.768. The van der Waals surface area contributed by atoms with E-state index >= 15 is 0 Å². The molecule has 0 aliphatic rings. The lowest BCUT2D eigenvalue weighted by Gasteiger charge is -2.15. The minimum Gasteiger partial charge on any atom is -0.497 e. The van der Waals surface area contributed by atoms with Crippen molar-refractivity contribution < 1.29 is 9.53 Å². The molecule has 0 fully saturated rings. The summed E-state index contributed by atoms with van der Waals surface area (Å²) in [4.78, 5) is 24.4. The Kier molecular flexibility index (Phi) is 4.33. The van der Waals surface area contributed by atoms with Crippen molar-refractivity contribution in [1.29, 1.82) is 0 Å². The number of hydrogen-bond acceptors (Lipinski definition) is 4. The van der Waals surface area contributed by atoms with Crippen LogP contribution in [0.15, 0.2) is 53.6 Å². The van der Waals surface area contributed by atoms with Crippen molar-refractivity contribution in [2.45, 2.75) is 19.5 Å². The van der Waals surface area contributed by atoms with Gasteiger partial charge in [0.25, 0.3) is 0 Å². The van der Waals surface area contributed by atoms with Crippen LogP contribution in [0.1, 0.15) is 18.5 Å². The number of rotatable bonds is 5. The summed E-state index contributed by atoms with van der Waals surface area (Å²) in [5, 5.41) is 6.89. The summed E-state index contributed by atoms with van der Waals surface area (Å²) in [6.45, 7) is 1.75. The monoisotopic (exact) mass is 326 g/mol. The first-order valence-electron chi connectivity index (χ1n) is 7.55. The summed E-state index contributed by atoms with van der Waals surface area (Å²) in [5.41, 5.74) is 1.30. The fourth-order valence-electron chi connectivity index (χ4n) is 2.48. The van der Waals surface area contributed by atoms with Gasteiger partial charge >= 0.3 is 5.69 Å². The van der Waals surface area contributed by atoms with E-state index in [9.17, 15) is 9.59 Å². The lowest BCUT2D eigenvalue weighted by Crippen LogP contribution is -2.36. The Balaban J connectivity index is 1.69. The molecule has 0 aliphatic carbocycles.